The molecule has 0 aliphatic heterocycles. The summed E-state index contributed by atoms with van der Waals surface area (Å²) in [6.45, 7) is 5.97. The van der Waals surface area contributed by atoms with Crippen molar-refractivity contribution in [1.29, 1.82) is 0 Å². The van der Waals surface area contributed by atoms with Crippen LogP contribution < -0.4 is 0 Å². The number of hydrogen-bond acceptors (Lipinski definition) is 3. The molecule has 0 saturated carbocycles. The summed E-state index contributed by atoms with van der Waals surface area (Å²) in [5, 5.41) is 0. The average molecular weight is 310 g/mol. The van der Waals surface area contributed by atoms with Gasteiger partial charge >= 0.3 is 7.60 Å². The van der Waals surface area contributed by atoms with E-state index in [-0.39, 0.29) is 5.75 Å². The first-order valence-corrected chi connectivity index (χ1v) is 9.68. The molecule has 0 aromatic carbocycles. The Balaban J connectivity index is 4.20. The Kier molecular flexibility index (Phi) is 7.82. The third-order valence-electron chi connectivity index (χ3n) is 2.38. The first-order valence-electron chi connectivity index (χ1n) is 6.06. The fourth-order valence-electron chi connectivity index (χ4n) is 1.50. The van der Waals surface area contributed by atoms with Gasteiger partial charge in [-0.05, 0) is 40.0 Å². The number of rotatable bonds is 8. The van der Waals surface area contributed by atoms with Crippen molar-refractivity contribution in [3.05, 3.63) is 23.3 Å². The second-order valence-corrected chi connectivity index (χ2v) is 9.16. The lowest BCUT2D eigenvalue weighted by molar-refractivity contribution is 0.378. The summed E-state index contributed by atoms with van der Waals surface area (Å²) < 4.78 is 33.4. The molecule has 0 unspecified atom stereocenters. The predicted molar refractivity (Wildman–Crippen MR) is 77.7 cm³/mol. The molecule has 0 rings (SSSR count). The van der Waals surface area contributed by atoms with E-state index in [4.69, 9.17) is 9.79 Å². The zero-order valence-electron chi connectivity index (χ0n) is 11.7. The van der Waals surface area contributed by atoms with Gasteiger partial charge in [0.25, 0.3) is 0 Å². The summed E-state index contributed by atoms with van der Waals surface area (Å²) in [5.74, 6) is -0.224. The van der Waals surface area contributed by atoms with Crippen LogP contribution in [-0.4, -0.2) is 29.5 Å². The van der Waals surface area contributed by atoms with E-state index < -0.39 is 22.9 Å². The summed E-state index contributed by atoms with van der Waals surface area (Å²) in [5.41, 5.74) is 1.27. The summed E-state index contributed by atoms with van der Waals surface area (Å²) in [6.07, 6.45) is 6.00. The zero-order valence-corrected chi connectivity index (χ0v) is 13.4. The molecule has 0 fully saturated rings. The number of sulfone groups is 1. The Labute approximate surface area is 115 Å². The lowest BCUT2D eigenvalue weighted by Gasteiger charge is -2.05. The minimum absolute atomic E-state index is 0.224. The standard InChI is InChI=1S/C12H23O5PS/c1-11(2)6-4-7-12(3)8-5-9-19(16,17)10-18(13,14)15/h6,8H,4-5,7,9-10H2,1-3H3,(H2,13,14,15)/b12-8-. The van der Waals surface area contributed by atoms with Gasteiger partial charge in [0.05, 0.1) is 5.75 Å². The molecular weight excluding hydrogens is 287 g/mol. The zero-order chi connectivity index (χ0) is 15.1. The van der Waals surface area contributed by atoms with E-state index in [0.29, 0.717) is 6.42 Å². The van der Waals surface area contributed by atoms with Crippen LogP contribution >= 0.6 is 7.60 Å². The van der Waals surface area contributed by atoms with Crippen molar-refractivity contribution in [3.63, 3.8) is 0 Å². The molecule has 0 heterocycles. The molecule has 0 saturated heterocycles. The van der Waals surface area contributed by atoms with E-state index in [9.17, 15) is 13.0 Å². The van der Waals surface area contributed by atoms with Crippen molar-refractivity contribution < 1.29 is 22.8 Å². The minimum Gasteiger partial charge on any atom is -0.324 e. The Bertz CT molecular complexity index is 480. The van der Waals surface area contributed by atoms with Crippen molar-refractivity contribution in [2.75, 3.05) is 11.2 Å². The van der Waals surface area contributed by atoms with Crippen LogP contribution in [0.4, 0.5) is 0 Å². The SMILES string of the molecule is CC(C)=CCC/C(C)=C\CCS(=O)(=O)CP(=O)(O)O. The average Bonchev–Trinajstić information content (AvgIpc) is 2.12. The lowest BCUT2D eigenvalue weighted by atomic mass is 10.1. The van der Waals surface area contributed by atoms with Gasteiger partial charge in [0, 0.05) is 0 Å². The van der Waals surface area contributed by atoms with E-state index in [0.717, 1.165) is 18.4 Å². The Morgan fingerprint density at radius 3 is 2.16 bits per heavy atom. The predicted octanol–water partition coefficient (Wildman–Crippen LogP) is 2.62. The van der Waals surface area contributed by atoms with Crippen LogP contribution in [0.1, 0.15) is 40.0 Å². The molecule has 0 aliphatic rings. The number of allylic oxidation sites excluding steroid dienone is 4. The maximum Gasteiger partial charge on any atom is 0.340 e. The largest absolute Gasteiger partial charge is 0.340 e. The topological polar surface area (TPSA) is 91.7 Å². The Morgan fingerprint density at radius 1 is 1.11 bits per heavy atom. The van der Waals surface area contributed by atoms with E-state index >= 15 is 0 Å². The molecule has 0 radical (unpaired) electrons. The highest BCUT2D eigenvalue weighted by molar-refractivity contribution is 7.97. The minimum atomic E-state index is -4.50. The van der Waals surface area contributed by atoms with Crippen LogP contribution in [0.15, 0.2) is 23.3 Å². The molecule has 7 heteroatoms. The molecule has 0 spiro atoms. The van der Waals surface area contributed by atoms with Crippen LogP contribution in [0.3, 0.4) is 0 Å². The van der Waals surface area contributed by atoms with Crippen LogP contribution in [0.5, 0.6) is 0 Å². The van der Waals surface area contributed by atoms with Gasteiger partial charge in [-0.1, -0.05) is 23.3 Å². The molecule has 0 aliphatic carbocycles. The molecule has 0 aromatic rings. The molecule has 0 bridgehead atoms. The summed E-state index contributed by atoms with van der Waals surface area (Å²) >= 11 is 0. The highest BCUT2D eigenvalue weighted by atomic mass is 32.2. The van der Waals surface area contributed by atoms with E-state index in [2.05, 4.69) is 6.08 Å². The third-order valence-corrected chi connectivity index (χ3v) is 6.15. The van der Waals surface area contributed by atoms with Gasteiger partial charge in [-0.3, -0.25) is 4.57 Å². The van der Waals surface area contributed by atoms with Gasteiger partial charge in [-0.2, -0.15) is 0 Å². The second kappa shape index (κ2) is 8.00. The van der Waals surface area contributed by atoms with Gasteiger partial charge < -0.3 is 9.79 Å². The monoisotopic (exact) mass is 310 g/mol. The third kappa shape index (κ3) is 12.4. The molecule has 0 atom stereocenters. The van der Waals surface area contributed by atoms with E-state index in [1.807, 2.05) is 26.8 Å². The molecule has 0 aromatic heterocycles. The summed E-state index contributed by atoms with van der Waals surface area (Å²) in [7, 11) is -8.18. The Hall–Kier alpha value is -0.420. The first-order chi connectivity index (χ1) is 8.52. The van der Waals surface area contributed by atoms with E-state index in [1.165, 1.54) is 5.57 Å². The van der Waals surface area contributed by atoms with Gasteiger partial charge in [-0.25, -0.2) is 8.42 Å². The molecule has 112 valence electrons. The fourth-order valence-corrected chi connectivity index (χ4v) is 4.54. The Morgan fingerprint density at radius 2 is 1.68 bits per heavy atom. The van der Waals surface area contributed by atoms with Gasteiger partial charge in [0.15, 0.2) is 15.3 Å². The van der Waals surface area contributed by atoms with Crippen molar-refractivity contribution >= 4 is 17.4 Å². The normalized spacial score (nSPS) is 13.4. The van der Waals surface area contributed by atoms with Crippen LogP contribution in [0, 0.1) is 0 Å². The van der Waals surface area contributed by atoms with Crippen molar-refractivity contribution in [2.45, 2.75) is 40.0 Å². The summed E-state index contributed by atoms with van der Waals surface area (Å²) in [4.78, 5) is 17.3. The van der Waals surface area contributed by atoms with E-state index in [1.54, 1.807) is 0 Å². The maximum atomic E-state index is 11.4. The summed E-state index contributed by atoms with van der Waals surface area (Å²) in [6, 6.07) is 0. The maximum absolute atomic E-state index is 11.4. The highest BCUT2D eigenvalue weighted by Gasteiger charge is 2.23. The van der Waals surface area contributed by atoms with Gasteiger partial charge in [-0.15, -0.1) is 0 Å². The van der Waals surface area contributed by atoms with Gasteiger partial charge in [0.2, 0.25) is 0 Å². The fraction of sp³-hybridized carbons (Fsp3) is 0.667. The van der Waals surface area contributed by atoms with Crippen molar-refractivity contribution in [2.24, 2.45) is 0 Å². The first kappa shape index (κ1) is 18.6. The van der Waals surface area contributed by atoms with Crippen LogP contribution in [0.25, 0.3) is 0 Å². The molecule has 19 heavy (non-hydrogen) atoms. The smallest absolute Gasteiger partial charge is 0.324 e. The van der Waals surface area contributed by atoms with Gasteiger partial charge in [0.1, 0.15) is 0 Å². The van der Waals surface area contributed by atoms with Crippen LogP contribution in [0.2, 0.25) is 0 Å². The quantitative estimate of drug-likeness (QED) is 0.531. The highest BCUT2D eigenvalue weighted by Crippen LogP contribution is 2.36. The van der Waals surface area contributed by atoms with Crippen LogP contribution in [-0.2, 0) is 14.4 Å². The molecule has 2 N–H and O–H groups in total. The molecule has 0 amide bonds. The lowest BCUT2D eigenvalue weighted by Crippen LogP contribution is -2.10. The second-order valence-electron chi connectivity index (χ2n) is 4.90. The molecule has 5 nitrogen and oxygen atoms in total. The molecular formula is C12H23O5PS. The van der Waals surface area contributed by atoms with Crippen molar-refractivity contribution in [3.8, 4) is 0 Å². The number of hydrogen-bond donors (Lipinski definition) is 2. The van der Waals surface area contributed by atoms with Crippen molar-refractivity contribution in [1.82, 2.24) is 0 Å².